The van der Waals surface area contributed by atoms with Crippen molar-refractivity contribution in [1.29, 1.82) is 0 Å². The SMILES string of the molecule is CCCCC/C=C\C/C=C\CCCCCCCCCCCCOCC(COC1OC(CO)C(O)C(OS(=O)(=O)O)C1O)OC(=O)CCCCC. The van der Waals surface area contributed by atoms with Crippen LogP contribution in [0.1, 0.15) is 142 Å². The Morgan fingerprint density at radius 2 is 1.32 bits per heavy atom. The zero-order valence-corrected chi connectivity index (χ0v) is 31.5. The first-order valence-corrected chi connectivity index (χ1v) is 20.5. The van der Waals surface area contributed by atoms with Crippen LogP contribution in [0.5, 0.6) is 0 Å². The molecule has 1 saturated heterocycles. The molecule has 0 bridgehead atoms. The molecule has 4 N–H and O–H groups in total. The van der Waals surface area contributed by atoms with E-state index in [1.807, 2.05) is 6.92 Å². The van der Waals surface area contributed by atoms with E-state index in [2.05, 4.69) is 35.4 Å². The van der Waals surface area contributed by atoms with Gasteiger partial charge in [-0.05, 0) is 44.9 Å². The molecule has 50 heavy (non-hydrogen) atoms. The maximum absolute atomic E-state index is 12.4. The normalized spacial score (nSPS) is 22.1. The third-order valence-corrected chi connectivity index (χ3v) is 9.04. The van der Waals surface area contributed by atoms with Gasteiger partial charge in [0.25, 0.3) is 0 Å². The lowest BCUT2D eigenvalue weighted by molar-refractivity contribution is -0.301. The van der Waals surface area contributed by atoms with Gasteiger partial charge in [0.15, 0.2) is 6.29 Å². The van der Waals surface area contributed by atoms with Crippen molar-refractivity contribution in [3.63, 3.8) is 0 Å². The topological polar surface area (TPSA) is 178 Å². The summed E-state index contributed by atoms with van der Waals surface area (Å²) in [5, 5.41) is 30.3. The van der Waals surface area contributed by atoms with Crippen molar-refractivity contribution in [3.05, 3.63) is 24.3 Å². The van der Waals surface area contributed by atoms with E-state index in [9.17, 15) is 28.5 Å². The first-order chi connectivity index (χ1) is 24.1. The number of allylic oxidation sites excluding steroid dienone is 4. The van der Waals surface area contributed by atoms with Crippen molar-refractivity contribution < 1.29 is 56.2 Å². The molecule has 0 spiro atoms. The smallest absolute Gasteiger partial charge is 0.397 e. The Morgan fingerprint density at radius 3 is 1.90 bits per heavy atom. The molecule has 1 rings (SSSR count). The summed E-state index contributed by atoms with van der Waals surface area (Å²) in [6.45, 7) is 3.75. The van der Waals surface area contributed by atoms with E-state index in [1.165, 1.54) is 77.0 Å². The van der Waals surface area contributed by atoms with Crippen molar-refractivity contribution in [3.8, 4) is 0 Å². The summed E-state index contributed by atoms with van der Waals surface area (Å²) in [6.07, 6.45) is 21.8. The van der Waals surface area contributed by atoms with E-state index in [4.69, 9.17) is 23.5 Å². The van der Waals surface area contributed by atoms with Gasteiger partial charge < -0.3 is 34.3 Å². The van der Waals surface area contributed by atoms with Gasteiger partial charge in [0, 0.05) is 13.0 Å². The summed E-state index contributed by atoms with van der Waals surface area (Å²) in [5.41, 5.74) is 0. The maximum atomic E-state index is 12.4. The lowest BCUT2D eigenvalue weighted by Crippen LogP contribution is -2.60. The summed E-state index contributed by atoms with van der Waals surface area (Å²) < 4.78 is 58.3. The fraction of sp³-hybridized carbons (Fsp3) is 0.865. The number of carbonyl (C=O) groups excluding carboxylic acids is 1. The van der Waals surface area contributed by atoms with Gasteiger partial charge in [0.1, 0.15) is 30.5 Å². The van der Waals surface area contributed by atoms with Crippen molar-refractivity contribution in [2.45, 2.75) is 179 Å². The van der Waals surface area contributed by atoms with Crippen LogP contribution in [0, 0.1) is 0 Å². The quantitative estimate of drug-likeness (QED) is 0.0255. The Balaban J connectivity index is 2.28. The van der Waals surface area contributed by atoms with Crippen molar-refractivity contribution in [2.24, 2.45) is 0 Å². The van der Waals surface area contributed by atoms with Crippen molar-refractivity contribution >= 4 is 16.4 Å². The van der Waals surface area contributed by atoms with E-state index in [1.54, 1.807) is 0 Å². The average Bonchev–Trinajstić information content (AvgIpc) is 3.08. The van der Waals surface area contributed by atoms with Gasteiger partial charge in [-0.3, -0.25) is 9.35 Å². The van der Waals surface area contributed by atoms with Crippen LogP contribution < -0.4 is 0 Å². The minimum Gasteiger partial charge on any atom is -0.457 e. The first-order valence-electron chi connectivity index (χ1n) is 19.1. The minimum absolute atomic E-state index is 0.0330. The number of aliphatic hydroxyl groups excluding tert-OH is 3. The second-order valence-electron chi connectivity index (χ2n) is 13.2. The van der Waals surface area contributed by atoms with Crippen LogP contribution in [-0.2, 0) is 38.3 Å². The van der Waals surface area contributed by atoms with Crippen LogP contribution in [0.15, 0.2) is 24.3 Å². The molecule has 294 valence electrons. The Hall–Kier alpha value is -1.42. The number of carbonyl (C=O) groups is 1. The van der Waals surface area contributed by atoms with Gasteiger partial charge in [0.2, 0.25) is 0 Å². The van der Waals surface area contributed by atoms with Gasteiger partial charge in [-0.15, -0.1) is 0 Å². The summed E-state index contributed by atoms with van der Waals surface area (Å²) >= 11 is 0. The summed E-state index contributed by atoms with van der Waals surface area (Å²) in [6, 6.07) is 0. The van der Waals surface area contributed by atoms with E-state index >= 15 is 0 Å². The number of esters is 1. The van der Waals surface area contributed by atoms with Gasteiger partial charge in [-0.1, -0.05) is 115 Å². The highest BCUT2D eigenvalue weighted by Crippen LogP contribution is 2.26. The molecule has 12 nitrogen and oxygen atoms in total. The Morgan fingerprint density at radius 1 is 0.760 bits per heavy atom. The van der Waals surface area contributed by atoms with Crippen LogP contribution in [-0.4, -0.2) is 97.5 Å². The van der Waals surface area contributed by atoms with Crippen LogP contribution in [0.4, 0.5) is 0 Å². The fourth-order valence-electron chi connectivity index (χ4n) is 5.64. The third-order valence-electron chi connectivity index (χ3n) is 8.58. The molecule has 6 unspecified atom stereocenters. The standard InChI is InChI=1S/C37H68O12S/c1-3-5-7-8-9-10-11-12-13-14-15-16-17-18-19-20-21-22-23-25-27-45-29-31(47-33(39)26-24-6-4-2)30-46-37-35(41)36(49-50(42,43)44)34(40)32(28-38)48-37/h9-10,12-13,31-32,34-38,40-41H,3-8,11,14-30H2,1-2H3,(H,42,43,44)/b10-9-,13-12-. The molecule has 6 atom stereocenters. The van der Waals surface area contributed by atoms with Crippen molar-refractivity contribution in [1.82, 2.24) is 0 Å². The van der Waals surface area contributed by atoms with E-state index in [0.29, 0.717) is 13.0 Å². The molecule has 0 radical (unpaired) electrons. The van der Waals surface area contributed by atoms with Crippen molar-refractivity contribution in [2.75, 3.05) is 26.4 Å². The predicted octanol–water partition coefficient (Wildman–Crippen LogP) is 6.51. The van der Waals surface area contributed by atoms with Gasteiger partial charge in [-0.25, -0.2) is 4.18 Å². The molecule has 0 aromatic rings. The molecule has 0 aromatic carbocycles. The van der Waals surface area contributed by atoms with Crippen LogP contribution in [0.3, 0.4) is 0 Å². The lowest BCUT2D eigenvalue weighted by Gasteiger charge is -2.41. The lowest BCUT2D eigenvalue weighted by atomic mass is 9.99. The molecular formula is C37H68O12S. The number of hydrogen-bond acceptors (Lipinski definition) is 11. The van der Waals surface area contributed by atoms with E-state index < -0.39 is 59.8 Å². The number of hydrogen-bond donors (Lipinski definition) is 4. The monoisotopic (exact) mass is 736 g/mol. The Labute approximate surface area is 301 Å². The van der Waals surface area contributed by atoms with Crippen LogP contribution in [0.2, 0.25) is 0 Å². The molecule has 0 amide bonds. The highest BCUT2D eigenvalue weighted by molar-refractivity contribution is 7.80. The minimum atomic E-state index is -5.05. The first kappa shape index (κ1) is 46.6. The van der Waals surface area contributed by atoms with Crippen LogP contribution in [0.25, 0.3) is 0 Å². The molecule has 0 aliphatic carbocycles. The maximum Gasteiger partial charge on any atom is 0.397 e. The Kier molecular flexibility index (Phi) is 28.0. The summed E-state index contributed by atoms with van der Waals surface area (Å²) in [4.78, 5) is 12.4. The van der Waals surface area contributed by atoms with Gasteiger partial charge >= 0.3 is 16.4 Å². The zero-order chi connectivity index (χ0) is 36.9. The molecule has 1 heterocycles. The number of unbranched alkanes of at least 4 members (excludes halogenated alkanes) is 15. The van der Waals surface area contributed by atoms with Crippen LogP contribution >= 0.6 is 0 Å². The molecule has 0 aromatic heterocycles. The summed E-state index contributed by atoms with van der Waals surface area (Å²) in [7, 11) is -5.05. The number of ether oxygens (including phenoxy) is 4. The average molecular weight is 737 g/mol. The molecule has 1 fully saturated rings. The molecule has 13 heteroatoms. The highest BCUT2D eigenvalue weighted by atomic mass is 32.3. The van der Waals surface area contributed by atoms with Gasteiger partial charge in [-0.2, -0.15) is 8.42 Å². The molecule has 1 aliphatic heterocycles. The fourth-order valence-corrected chi connectivity index (χ4v) is 6.15. The second kappa shape index (κ2) is 30.1. The highest BCUT2D eigenvalue weighted by Gasteiger charge is 2.48. The molecule has 0 saturated carbocycles. The second-order valence-corrected chi connectivity index (χ2v) is 14.2. The summed E-state index contributed by atoms with van der Waals surface area (Å²) in [5.74, 6) is -0.426. The molecule has 1 aliphatic rings. The number of aliphatic hydroxyl groups is 3. The van der Waals surface area contributed by atoms with E-state index in [-0.39, 0.29) is 19.6 Å². The third kappa shape index (κ3) is 23.9. The molecular weight excluding hydrogens is 668 g/mol. The number of rotatable bonds is 32. The largest absolute Gasteiger partial charge is 0.457 e. The van der Waals surface area contributed by atoms with Gasteiger partial charge in [0.05, 0.1) is 19.8 Å². The zero-order valence-electron chi connectivity index (χ0n) is 30.7. The van der Waals surface area contributed by atoms with E-state index in [0.717, 1.165) is 38.5 Å². The Bertz CT molecular complexity index is 989. The predicted molar refractivity (Wildman–Crippen MR) is 193 cm³/mol.